The molecule has 0 aliphatic rings. The largest absolute Gasteiger partial charge is 0.494 e. The van der Waals surface area contributed by atoms with Crippen molar-refractivity contribution in [2.24, 2.45) is 5.73 Å². The van der Waals surface area contributed by atoms with Crippen LogP contribution in [0.4, 0.5) is 0 Å². The topological polar surface area (TPSA) is 103 Å². The zero-order valence-corrected chi connectivity index (χ0v) is 11.1. The summed E-state index contributed by atoms with van der Waals surface area (Å²) in [5.41, 5.74) is 6.58. The fourth-order valence-electron chi connectivity index (χ4n) is 1.90. The Morgan fingerprint density at radius 3 is 2.65 bits per heavy atom. The van der Waals surface area contributed by atoms with Gasteiger partial charge < -0.3 is 15.6 Å². The summed E-state index contributed by atoms with van der Waals surface area (Å²) in [6.07, 6.45) is 0. The number of hydrogen-bond acceptors (Lipinski definition) is 5. The van der Waals surface area contributed by atoms with Crippen LogP contribution < -0.4 is 10.5 Å². The average molecular weight is 276 g/mol. The van der Waals surface area contributed by atoms with Crippen molar-refractivity contribution in [2.45, 2.75) is 13.5 Å². The van der Waals surface area contributed by atoms with Crippen molar-refractivity contribution in [3.05, 3.63) is 30.0 Å². The molecule has 0 amide bonds. The molecule has 2 aromatic rings. The van der Waals surface area contributed by atoms with Crippen LogP contribution in [0.3, 0.4) is 0 Å². The molecule has 0 atom stereocenters. The Morgan fingerprint density at radius 2 is 2.10 bits per heavy atom. The Hall–Kier alpha value is -2.41. The van der Waals surface area contributed by atoms with Crippen LogP contribution in [0.5, 0.6) is 5.75 Å². The molecule has 1 aromatic heterocycles. The third-order valence-corrected chi connectivity index (χ3v) is 2.72. The van der Waals surface area contributed by atoms with E-state index in [0.29, 0.717) is 31.0 Å². The maximum absolute atomic E-state index is 11.2. The van der Waals surface area contributed by atoms with Gasteiger partial charge in [-0.1, -0.05) is 5.21 Å². The van der Waals surface area contributed by atoms with Gasteiger partial charge in [0, 0.05) is 12.1 Å². The van der Waals surface area contributed by atoms with Gasteiger partial charge in [-0.25, -0.2) is 9.48 Å². The molecule has 0 aliphatic carbocycles. The number of aromatic carboxylic acids is 1. The van der Waals surface area contributed by atoms with Crippen molar-refractivity contribution in [3.63, 3.8) is 0 Å². The van der Waals surface area contributed by atoms with E-state index in [4.69, 9.17) is 10.5 Å². The number of aromatic nitrogens is 3. The average Bonchev–Trinajstić information content (AvgIpc) is 2.84. The maximum Gasteiger partial charge on any atom is 0.358 e. The van der Waals surface area contributed by atoms with Crippen molar-refractivity contribution in [1.82, 2.24) is 15.0 Å². The monoisotopic (exact) mass is 276 g/mol. The zero-order valence-electron chi connectivity index (χ0n) is 11.1. The Kier molecular flexibility index (Phi) is 4.31. The van der Waals surface area contributed by atoms with E-state index >= 15 is 0 Å². The highest BCUT2D eigenvalue weighted by atomic mass is 16.5. The molecule has 1 aromatic carbocycles. The zero-order chi connectivity index (χ0) is 14.5. The molecule has 7 heteroatoms. The van der Waals surface area contributed by atoms with E-state index in [1.165, 1.54) is 4.68 Å². The second-order valence-electron chi connectivity index (χ2n) is 4.06. The quantitative estimate of drug-likeness (QED) is 0.815. The molecule has 0 radical (unpaired) electrons. The predicted octanol–water partition coefficient (Wildman–Crippen LogP) is 1.00. The molecule has 0 unspecified atom stereocenters. The molecule has 0 spiro atoms. The lowest BCUT2D eigenvalue weighted by molar-refractivity contribution is 0.0691. The summed E-state index contributed by atoms with van der Waals surface area (Å²) < 4.78 is 6.86. The van der Waals surface area contributed by atoms with E-state index in [9.17, 15) is 9.90 Å². The molecule has 0 aliphatic heterocycles. The van der Waals surface area contributed by atoms with Crippen LogP contribution in [0.2, 0.25) is 0 Å². The lowest BCUT2D eigenvalue weighted by Crippen LogP contribution is -2.12. The van der Waals surface area contributed by atoms with E-state index in [2.05, 4.69) is 10.3 Å². The van der Waals surface area contributed by atoms with Crippen molar-refractivity contribution >= 4 is 5.97 Å². The molecular weight excluding hydrogens is 260 g/mol. The number of carboxylic acid groups (broad SMARTS) is 1. The molecule has 0 fully saturated rings. The summed E-state index contributed by atoms with van der Waals surface area (Å²) in [5.74, 6) is -0.386. The molecule has 106 valence electrons. The van der Waals surface area contributed by atoms with Crippen LogP contribution in [-0.4, -0.2) is 39.2 Å². The first kappa shape index (κ1) is 14.0. The Morgan fingerprint density at radius 1 is 1.40 bits per heavy atom. The van der Waals surface area contributed by atoms with Gasteiger partial charge in [0.1, 0.15) is 11.4 Å². The molecule has 0 bridgehead atoms. The molecule has 0 saturated carbocycles. The van der Waals surface area contributed by atoms with E-state index in [0.717, 1.165) is 5.75 Å². The fourth-order valence-corrected chi connectivity index (χ4v) is 1.90. The van der Waals surface area contributed by atoms with Crippen molar-refractivity contribution in [3.8, 4) is 17.0 Å². The molecule has 1 heterocycles. The molecule has 3 N–H and O–H groups in total. The third kappa shape index (κ3) is 2.77. The van der Waals surface area contributed by atoms with Crippen LogP contribution in [0.1, 0.15) is 17.4 Å². The van der Waals surface area contributed by atoms with Gasteiger partial charge in [-0.05, 0) is 31.2 Å². The predicted molar refractivity (Wildman–Crippen MR) is 72.6 cm³/mol. The second-order valence-corrected chi connectivity index (χ2v) is 4.06. The fraction of sp³-hybridized carbons (Fsp3) is 0.308. The number of benzene rings is 1. The summed E-state index contributed by atoms with van der Waals surface area (Å²) in [6.45, 7) is 3.23. The second kappa shape index (κ2) is 6.16. The Labute approximate surface area is 116 Å². The standard InChI is InChI=1S/C13H16N4O3/c1-2-20-10-5-3-9(4-6-10)12-11(13(18)19)15-16-17(12)8-7-14/h3-6H,2,7-8,14H2,1H3,(H,18,19). The van der Waals surface area contributed by atoms with Crippen LogP contribution in [0.15, 0.2) is 24.3 Å². The summed E-state index contributed by atoms with van der Waals surface area (Å²) in [7, 11) is 0. The first-order chi connectivity index (χ1) is 9.67. The highest BCUT2D eigenvalue weighted by Gasteiger charge is 2.20. The van der Waals surface area contributed by atoms with Gasteiger partial charge in [0.25, 0.3) is 0 Å². The van der Waals surface area contributed by atoms with Crippen molar-refractivity contribution < 1.29 is 14.6 Å². The number of nitrogens with zero attached hydrogens (tertiary/aromatic N) is 3. The summed E-state index contributed by atoms with van der Waals surface area (Å²) >= 11 is 0. The maximum atomic E-state index is 11.2. The van der Waals surface area contributed by atoms with Gasteiger partial charge >= 0.3 is 5.97 Å². The highest BCUT2D eigenvalue weighted by molar-refractivity contribution is 5.92. The molecule has 7 nitrogen and oxygen atoms in total. The normalized spacial score (nSPS) is 10.5. The van der Waals surface area contributed by atoms with Crippen LogP contribution in [0.25, 0.3) is 11.3 Å². The SMILES string of the molecule is CCOc1ccc(-c2c(C(=O)O)nnn2CCN)cc1. The molecule has 20 heavy (non-hydrogen) atoms. The number of carbonyl (C=O) groups is 1. The Bertz CT molecular complexity index is 592. The van der Waals surface area contributed by atoms with E-state index < -0.39 is 5.97 Å². The summed E-state index contributed by atoms with van der Waals surface area (Å²) in [5, 5.41) is 16.7. The lowest BCUT2D eigenvalue weighted by Gasteiger charge is -2.07. The molecule has 0 saturated heterocycles. The minimum absolute atomic E-state index is 0.0809. The van der Waals surface area contributed by atoms with Crippen molar-refractivity contribution in [1.29, 1.82) is 0 Å². The van der Waals surface area contributed by atoms with Crippen molar-refractivity contribution in [2.75, 3.05) is 13.2 Å². The van der Waals surface area contributed by atoms with Gasteiger partial charge in [0.15, 0.2) is 5.69 Å². The molecular formula is C13H16N4O3. The van der Waals surface area contributed by atoms with Gasteiger partial charge in [-0.15, -0.1) is 5.10 Å². The molecule has 2 rings (SSSR count). The minimum Gasteiger partial charge on any atom is -0.494 e. The first-order valence-corrected chi connectivity index (χ1v) is 6.27. The summed E-state index contributed by atoms with van der Waals surface area (Å²) in [4.78, 5) is 11.2. The van der Waals surface area contributed by atoms with Crippen LogP contribution in [0, 0.1) is 0 Å². The number of rotatable bonds is 6. The van der Waals surface area contributed by atoms with E-state index in [-0.39, 0.29) is 5.69 Å². The van der Waals surface area contributed by atoms with Crippen LogP contribution in [-0.2, 0) is 6.54 Å². The Balaban J connectivity index is 2.43. The van der Waals surface area contributed by atoms with E-state index in [1.807, 2.05) is 6.92 Å². The summed E-state index contributed by atoms with van der Waals surface area (Å²) in [6, 6.07) is 7.13. The minimum atomic E-state index is -1.11. The van der Waals surface area contributed by atoms with Gasteiger partial charge in [0.05, 0.1) is 13.2 Å². The van der Waals surface area contributed by atoms with Crippen LogP contribution >= 0.6 is 0 Å². The van der Waals surface area contributed by atoms with Gasteiger partial charge in [-0.3, -0.25) is 0 Å². The lowest BCUT2D eigenvalue weighted by atomic mass is 10.1. The van der Waals surface area contributed by atoms with E-state index in [1.54, 1.807) is 24.3 Å². The third-order valence-electron chi connectivity index (χ3n) is 2.72. The number of hydrogen-bond donors (Lipinski definition) is 2. The first-order valence-electron chi connectivity index (χ1n) is 6.27. The number of ether oxygens (including phenoxy) is 1. The number of carboxylic acids is 1. The highest BCUT2D eigenvalue weighted by Crippen LogP contribution is 2.24. The van der Waals surface area contributed by atoms with Gasteiger partial charge in [-0.2, -0.15) is 0 Å². The van der Waals surface area contributed by atoms with Gasteiger partial charge in [0.2, 0.25) is 0 Å². The smallest absolute Gasteiger partial charge is 0.358 e. The number of nitrogens with two attached hydrogens (primary N) is 1.